The summed E-state index contributed by atoms with van der Waals surface area (Å²) in [5, 5.41) is 14.6. The largest absolute Gasteiger partial charge is 0.389 e. The second kappa shape index (κ2) is 7.19. The van der Waals surface area contributed by atoms with Gasteiger partial charge in [0.2, 0.25) is 11.8 Å². The van der Waals surface area contributed by atoms with Crippen molar-refractivity contribution in [2.75, 3.05) is 19.6 Å². The molecule has 1 unspecified atom stereocenters. The molecule has 0 aromatic carbocycles. The van der Waals surface area contributed by atoms with Gasteiger partial charge in [-0.15, -0.1) is 0 Å². The van der Waals surface area contributed by atoms with Crippen LogP contribution in [0.4, 0.5) is 0 Å². The molecular formula is C17H28N4O3. The van der Waals surface area contributed by atoms with Crippen LogP contribution in [-0.2, 0) is 11.3 Å². The molecule has 134 valence electrons. The lowest BCUT2D eigenvalue weighted by molar-refractivity contribution is -0.131. The molecule has 1 amide bonds. The first-order valence-electron chi connectivity index (χ1n) is 8.96. The summed E-state index contributed by atoms with van der Waals surface area (Å²) in [4.78, 5) is 20.4. The van der Waals surface area contributed by atoms with E-state index in [2.05, 4.69) is 15.0 Å². The standard InChI is InChI=1S/C17H28N4O3/c1-13-18-16(19-24-13)11-21(14(2)22)15-6-9-20(10-15)12-17(23)7-4-3-5-8-17/h15,23H,3-12H2,1-2H3. The number of β-amino-alcohol motifs (C(OH)–C–C–N with tert-alkyl or cyclic N) is 1. The van der Waals surface area contributed by atoms with Gasteiger partial charge >= 0.3 is 0 Å². The van der Waals surface area contributed by atoms with Gasteiger partial charge in [-0.05, 0) is 19.3 Å². The van der Waals surface area contributed by atoms with E-state index in [-0.39, 0.29) is 11.9 Å². The van der Waals surface area contributed by atoms with Gasteiger partial charge in [0.05, 0.1) is 12.1 Å². The Morgan fingerprint density at radius 2 is 2.17 bits per heavy atom. The molecule has 0 bridgehead atoms. The third kappa shape index (κ3) is 4.13. The molecule has 7 heteroatoms. The van der Waals surface area contributed by atoms with Crippen LogP contribution in [0.1, 0.15) is 57.2 Å². The number of nitrogens with zero attached hydrogens (tertiary/aromatic N) is 4. The monoisotopic (exact) mass is 336 g/mol. The van der Waals surface area contributed by atoms with Crippen molar-refractivity contribution in [2.45, 2.75) is 70.6 Å². The van der Waals surface area contributed by atoms with Gasteiger partial charge < -0.3 is 14.5 Å². The Labute approximate surface area is 143 Å². The summed E-state index contributed by atoms with van der Waals surface area (Å²) >= 11 is 0. The van der Waals surface area contributed by atoms with E-state index < -0.39 is 5.60 Å². The van der Waals surface area contributed by atoms with E-state index in [0.717, 1.165) is 51.7 Å². The molecule has 0 spiro atoms. The number of hydrogen-bond donors (Lipinski definition) is 1. The zero-order valence-electron chi connectivity index (χ0n) is 14.7. The molecule has 2 fully saturated rings. The maximum Gasteiger partial charge on any atom is 0.223 e. The quantitative estimate of drug-likeness (QED) is 0.877. The molecule has 1 saturated heterocycles. The van der Waals surface area contributed by atoms with Gasteiger partial charge in [-0.3, -0.25) is 9.69 Å². The van der Waals surface area contributed by atoms with Crippen LogP contribution >= 0.6 is 0 Å². The molecule has 1 saturated carbocycles. The Hall–Kier alpha value is -1.47. The van der Waals surface area contributed by atoms with Gasteiger partial charge in [-0.2, -0.15) is 4.98 Å². The fourth-order valence-corrected chi connectivity index (χ4v) is 4.05. The highest BCUT2D eigenvalue weighted by Gasteiger charge is 2.36. The minimum Gasteiger partial charge on any atom is -0.389 e. The fourth-order valence-electron chi connectivity index (χ4n) is 4.05. The number of aryl methyl sites for hydroxylation is 1. The second-order valence-electron chi connectivity index (χ2n) is 7.34. The number of carbonyl (C=O) groups excluding carboxylic acids is 1. The predicted octanol–water partition coefficient (Wildman–Crippen LogP) is 1.50. The van der Waals surface area contributed by atoms with Crippen molar-refractivity contribution in [3.63, 3.8) is 0 Å². The number of rotatable bonds is 5. The summed E-state index contributed by atoms with van der Waals surface area (Å²) in [6.45, 7) is 6.16. The van der Waals surface area contributed by atoms with Gasteiger partial charge in [-0.25, -0.2) is 0 Å². The Morgan fingerprint density at radius 3 is 2.79 bits per heavy atom. The molecule has 1 aromatic heterocycles. The normalized spacial score (nSPS) is 24.2. The zero-order valence-corrected chi connectivity index (χ0v) is 14.7. The molecule has 1 aliphatic carbocycles. The summed E-state index contributed by atoms with van der Waals surface area (Å²) < 4.78 is 5.00. The van der Waals surface area contributed by atoms with Gasteiger partial charge in [0, 0.05) is 39.5 Å². The number of aromatic nitrogens is 2. The molecule has 3 rings (SSSR count). The van der Waals surface area contributed by atoms with E-state index in [0.29, 0.717) is 18.3 Å². The summed E-state index contributed by atoms with van der Waals surface area (Å²) in [5.41, 5.74) is -0.543. The Balaban J connectivity index is 1.58. The van der Waals surface area contributed by atoms with Crippen molar-refractivity contribution in [2.24, 2.45) is 0 Å². The third-order valence-corrected chi connectivity index (χ3v) is 5.28. The zero-order chi connectivity index (χ0) is 17.2. The Kier molecular flexibility index (Phi) is 5.20. The number of amides is 1. The van der Waals surface area contributed by atoms with Crippen molar-refractivity contribution < 1.29 is 14.4 Å². The molecule has 1 N–H and O–H groups in total. The fraction of sp³-hybridized carbons (Fsp3) is 0.824. The molecule has 1 aliphatic heterocycles. The highest BCUT2D eigenvalue weighted by Crippen LogP contribution is 2.30. The van der Waals surface area contributed by atoms with Crippen LogP contribution in [0.25, 0.3) is 0 Å². The van der Waals surface area contributed by atoms with Gasteiger partial charge in [0.1, 0.15) is 0 Å². The average molecular weight is 336 g/mol. The molecule has 24 heavy (non-hydrogen) atoms. The first-order chi connectivity index (χ1) is 11.5. The summed E-state index contributed by atoms with van der Waals surface area (Å²) in [5.74, 6) is 1.09. The van der Waals surface area contributed by atoms with E-state index in [1.807, 2.05) is 4.90 Å². The van der Waals surface area contributed by atoms with E-state index in [1.165, 1.54) is 6.42 Å². The third-order valence-electron chi connectivity index (χ3n) is 5.28. The van der Waals surface area contributed by atoms with Crippen LogP contribution in [0.5, 0.6) is 0 Å². The summed E-state index contributed by atoms with van der Waals surface area (Å²) in [7, 11) is 0. The SMILES string of the molecule is CC(=O)N(Cc1noc(C)n1)C1CCN(CC2(O)CCCCC2)C1. The molecule has 2 aliphatic rings. The van der Waals surface area contributed by atoms with E-state index in [4.69, 9.17) is 4.52 Å². The van der Waals surface area contributed by atoms with E-state index in [9.17, 15) is 9.90 Å². The van der Waals surface area contributed by atoms with Crippen LogP contribution in [0, 0.1) is 6.92 Å². The van der Waals surface area contributed by atoms with Gasteiger partial charge in [0.25, 0.3) is 0 Å². The molecule has 1 atom stereocenters. The minimum atomic E-state index is -0.543. The lowest BCUT2D eigenvalue weighted by atomic mass is 9.84. The number of likely N-dealkylation sites (tertiary alicyclic amines) is 1. The Morgan fingerprint density at radius 1 is 1.42 bits per heavy atom. The van der Waals surface area contributed by atoms with Crippen molar-refractivity contribution in [3.8, 4) is 0 Å². The molecule has 0 radical (unpaired) electrons. The van der Waals surface area contributed by atoms with Crippen molar-refractivity contribution in [3.05, 3.63) is 11.7 Å². The number of aliphatic hydroxyl groups is 1. The van der Waals surface area contributed by atoms with Crippen LogP contribution in [0.3, 0.4) is 0 Å². The van der Waals surface area contributed by atoms with E-state index in [1.54, 1.807) is 13.8 Å². The van der Waals surface area contributed by atoms with Crippen molar-refractivity contribution >= 4 is 5.91 Å². The van der Waals surface area contributed by atoms with Crippen LogP contribution in [-0.4, -0.2) is 62.2 Å². The molecule has 7 nitrogen and oxygen atoms in total. The van der Waals surface area contributed by atoms with Gasteiger partial charge in [0.15, 0.2) is 5.82 Å². The van der Waals surface area contributed by atoms with Crippen LogP contribution in [0.15, 0.2) is 4.52 Å². The van der Waals surface area contributed by atoms with Crippen molar-refractivity contribution in [1.82, 2.24) is 19.9 Å². The summed E-state index contributed by atoms with van der Waals surface area (Å²) in [6.07, 6.45) is 6.17. The van der Waals surface area contributed by atoms with E-state index >= 15 is 0 Å². The Bertz CT molecular complexity index is 568. The number of hydrogen-bond acceptors (Lipinski definition) is 6. The highest BCUT2D eigenvalue weighted by molar-refractivity contribution is 5.73. The lowest BCUT2D eigenvalue weighted by Gasteiger charge is -2.36. The highest BCUT2D eigenvalue weighted by atomic mass is 16.5. The first kappa shape index (κ1) is 17.4. The second-order valence-corrected chi connectivity index (χ2v) is 7.34. The molecule has 1 aromatic rings. The van der Waals surface area contributed by atoms with Crippen LogP contribution in [0.2, 0.25) is 0 Å². The van der Waals surface area contributed by atoms with Crippen molar-refractivity contribution in [1.29, 1.82) is 0 Å². The molecular weight excluding hydrogens is 308 g/mol. The number of carbonyl (C=O) groups is 1. The average Bonchev–Trinajstić information content (AvgIpc) is 3.14. The predicted molar refractivity (Wildman–Crippen MR) is 88.1 cm³/mol. The topological polar surface area (TPSA) is 82.7 Å². The van der Waals surface area contributed by atoms with Crippen LogP contribution < -0.4 is 0 Å². The maximum atomic E-state index is 12.1. The summed E-state index contributed by atoms with van der Waals surface area (Å²) in [6, 6.07) is 0.147. The first-order valence-corrected chi connectivity index (χ1v) is 8.96. The minimum absolute atomic E-state index is 0.0284. The lowest BCUT2D eigenvalue weighted by Crippen LogP contribution is -2.45. The maximum absolute atomic E-state index is 12.1. The van der Waals surface area contributed by atoms with Gasteiger partial charge in [-0.1, -0.05) is 24.4 Å². The molecule has 2 heterocycles. The smallest absolute Gasteiger partial charge is 0.223 e.